The molecule has 0 aliphatic carbocycles. The van der Waals surface area contributed by atoms with E-state index < -0.39 is 17.7 Å². The number of hydrogen-bond donors (Lipinski definition) is 1. The minimum Gasteiger partial charge on any atom is -0.507 e. The van der Waals surface area contributed by atoms with Crippen LogP contribution < -0.4 is 14.4 Å². The number of aliphatic hydroxyl groups excluding tert-OH is 1. The first-order chi connectivity index (χ1) is 19.1. The van der Waals surface area contributed by atoms with E-state index in [2.05, 4.69) is 0 Å². The molecule has 0 saturated carbocycles. The topological polar surface area (TPSA) is 76.1 Å². The average molecular weight is 520 g/mol. The Hall–Kier alpha value is -4.84. The van der Waals surface area contributed by atoms with Crippen molar-refractivity contribution >= 4 is 23.1 Å². The first-order valence-corrected chi connectivity index (χ1v) is 12.9. The number of carbonyl (C=O) groups excluding carboxylic acids is 2. The molecule has 0 aromatic heterocycles. The van der Waals surface area contributed by atoms with Gasteiger partial charge >= 0.3 is 0 Å². The van der Waals surface area contributed by atoms with Gasteiger partial charge in [-0.05, 0) is 66.1 Å². The normalized spacial score (nSPS) is 16.3. The van der Waals surface area contributed by atoms with Crippen LogP contribution in [0.5, 0.6) is 11.5 Å². The van der Waals surface area contributed by atoms with Crippen LogP contribution in [-0.2, 0) is 16.2 Å². The molecule has 1 saturated heterocycles. The van der Waals surface area contributed by atoms with Crippen LogP contribution in [0.15, 0.2) is 115 Å². The van der Waals surface area contributed by atoms with Crippen LogP contribution in [0.4, 0.5) is 5.69 Å². The summed E-state index contributed by atoms with van der Waals surface area (Å²) in [5, 5.41) is 11.4. The molecule has 0 radical (unpaired) electrons. The summed E-state index contributed by atoms with van der Waals surface area (Å²) in [4.78, 5) is 28.1. The standard InChI is InChI=1S/C33H29NO5/c1-2-21-38-27-19-15-25(16-20-27)31(35)29-30(34(33(37)32(29)36)26-11-7-4-8-12-26)24-13-17-28(18-14-24)39-22-23-9-5-3-6-10-23/h3-20,30,35H,2,21-22H2,1H3/b31-29-. The van der Waals surface area contributed by atoms with Crippen LogP contribution in [0, 0.1) is 0 Å². The molecule has 4 aromatic rings. The molecule has 1 heterocycles. The van der Waals surface area contributed by atoms with Gasteiger partial charge in [-0.1, -0.05) is 67.6 Å². The Labute approximate surface area is 227 Å². The van der Waals surface area contributed by atoms with Gasteiger partial charge in [0.1, 0.15) is 23.9 Å². The second-order valence-electron chi connectivity index (χ2n) is 9.22. The Morgan fingerprint density at radius 2 is 1.36 bits per heavy atom. The number of carbonyl (C=O) groups is 2. The molecule has 6 heteroatoms. The van der Waals surface area contributed by atoms with Crippen LogP contribution in [0.1, 0.15) is 36.1 Å². The Kier molecular flexibility index (Phi) is 7.73. The van der Waals surface area contributed by atoms with Crippen molar-refractivity contribution in [2.24, 2.45) is 0 Å². The molecule has 1 unspecified atom stereocenters. The molecule has 1 aliphatic rings. The number of para-hydroxylation sites is 1. The SMILES string of the molecule is CCCOc1ccc(/C(O)=C2/C(=O)C(=O)N(c3ccccc3)C2c2ccc(OCc3ccccc3)cc2)cc1. The zero-order chi connectivity index (χ0) is 27.2. The summed E-state index contributed by atoms with van der Waals surface area (Å²) in [6, 6.07) is 32.2. The summed E-state index contributed by atoms with van der Waals surface area (Å²) < 4.78 is 11.6. The largest absolute Gasteiger partial charge is 0.507 e. The lowest BCUT2D eigenvalue weighted by Gasteiger charge is -2.25. The third-order valence-corrected chi connectivity index (χ3v) is 6.52. The lowest BCUT2D eigenvalue weighted by Crippen LogP contribution is -2.29. The molecule has 1 N–H and O–H groups in total. The number of ether oxygens (including phenoxy) is 2. The second-order valence-corrected chi connectivity index (χ2v) is 9.22. The van der Waals surface area contributed by atoms with Gasteiger partial charge in [0.25, 0.3) is 11.7 Å². The Morgan fingerprint density at radius 3 is 2.00 bits per heavy atom. The van der Waals surface area contributed by atoms with Gasteiger partial charge in [0.15, 0.2) is 0 Å². The summed E-state index contributed by atoms with van der Waals surface area (Å²) >= 11 is 0. The van der Waals surface area contributed by atoms with E-state index in [1.807, 2.05) is 67.6 Å². The van der Waals surface area contributed by atoms with Crippen molar-refractivity contribution in [1.29, 1.82) is 0 Å². The van der Waals surface area contributed by atoms with Crippen molar-refractivity contribution < 1.29 is 24.2 Å². The molecule has 1 amide bonds. The van der Waals surface area contributed by atoms with E-state index in [0.717, 1.165) is 12.0 Å². The summed E-state index contributed by atoms with van der Waals surface area (Å²) in [5.41, 5.74) is 2.75. The van der Waals surface area contributed by atoms with Gasteiger partial charge < -0.3 is 14.6 Å². The Morgan fingerprint density at radius 1 is 0.769 bits per heavy atom. The summed E-state index contributed by atoms with van der Waals surface area (Å²) in [5.74, 6) is -0.344. The molecule has 196 valence electrons. The lowest BCUT2D eigenvalue weighted by atomic mass is 9.95. The monoisotopic (exact) mass is 519 g/mol. The summed E-state index contributed by atoms with van der Waals surface area (Å²) in [6.07, 6.45) is 0.876. The lowest BCUT2D eigenvalue weighted by molar-refractivity contribution is -0.132. The van der Waals surface area contributed by atoms with Crippen molar-refractivity contribution in [2.45, 2.75) is 26.0 Å². The van der Waals surface area contributed by atoms with Crippen LogP contribution in [0.2, 0.25) is 0 Å². The van der Waals surface area contributed by atoms with E-state index in [-0.39, 0.29) is 11.3 Å². The fourth-order valence-corrected chi connectivity index (χ4v) is 4.57. The van der Waals surface area contributed by atoms with E-state index in [1.54, 1.807) is 48.5 Å². The minimum atomic E-state index is -0.813. The number of aliphatic hydroxyl groups is 1. The highest BCUT2D eigenvalue weighted by Gasteiger charge is 2.46. The predicted octanol–water partition coefficient (Wildman–Crippen LogP) is 6.68. The molecule has 0 bridgehead atoms. The van der Waals surface area contributed by atoms with E-state index in [4.69, 9.17) is 9.47 Å². The van der Waals surface area contributed by atoms with E-state index in [1.165, 1.54) is 4.90 Å². The van der Waals surface area contributed by atoms with Crippen molar-refractivity contribution in [2.75, 3.05) is 11.5 Å². The fourth-order valence-electron chi connectivity index (χ4n) is 4.57. The average Bonchev–Trinajstić information content (AvgIpc) is 3.26. The number of amides is 1. The number of Topliss-reactive ketones (excluding diaryl/α,β-unsaturated/α-hetero) is 1. The Balaban J connectivity index is 1.51. The van der Waals surface area contributed by atoms with Gasteiger partial charge in [0.05, 0.1) is 18.2 Å². The van der Waals surface area contributed by atoms with E-state index in [0.29, 0.717) is 41.5 Å². The maximum absolute atomic E-state index is 13.4. The quantitative estimate of drug-likeness (QED) is 0.152. The van der Waals surface area contributed by atoms with Gasteiger partial charge in [-0.25, -0.2) is 0 Å². The van der Waals surface area contributed by atoms with Gasteiger partial charge in [-0.3, -0.25) is 14.5 Å². The molecule has 4 aromatic carbocycles. The highest BCUT2D eigenvalue weighted by molar-refractivity contribution is 6.51. The molecular weight excluding hydrogens is 490 g/mol. The van der Waals surface area contributed by atoms with Crippen molar-refractivity contribution in [1.82, 2.24) is 0 Å². The number of hydrogen-bond acceptors (Lipinski definition) is 5. The van der Waals surface area contributed by atoms with Crippen LogP contribution >= 0.6 is 0 Å². The third-order valence-electron chi connectivity index (χ3n) is 6.52. The zero-order valence-corrected chi connectivity index (χ0v) is 21.6. The molecule has 39 heavy (non-hydrogen) atoms. The minimum absolute atomic E-state index is 0.0315. The summed E-state index contributed by atoms with van der Waals surface area (Å²) in [7, 11) is 0. The number of nitrogens with zero attached hydrogens (tertiary/aromatic N) is 1. The first-order valence-electron chi connectivity index (χ1n) is 12.9. The zero-order valence-electron chi connectivity index (χ0n) is 21.6. The molecule has 6 nitrogen and oxygen atoms in total. The maximum Gasteiger partial charge on any atom is 0.300 e. The summed E-state index contributed by atoms with van der Waals surface area (Å²) in [6.45, 7) is 3.02. The number of benzene rings is 4. The van der Waals surface area contributed by atoms with Crippen LogP contribution in [0.3, 0.4) is 0 Å². The molecule has 1 aliphatic heterocycles. The van der Waals surface area contributed by atoms with Crippen LogP contribution in [0.25, 0.3) is 5.76 Å². The van der Waals surface area contributed by atoms with E-state index >= 15 is 0 Å². The van der Waals surface area contributed by atoms with Gasteiger partial charge in [0.2, 0.25) is 0 Å². The van der Waals surface area contributed by atoms with Crippen LogP contribution in [-0.4, -0.2) is 23.4 Å². The maximum atomic E-state index is 13.4. The molecule has 5 rings (SSSR count). The molecule has 0 spiro atoms. The molecular formula is C33H29NO5. The highest BCUT2D eigenvalue weighted by atomic mass is 16.5. The second kappa shape index (κ2) is 11.7. The first kappa shape index (κ1) is 25.8. The van der Waals surface area contributed by atoms with Crippen molar-refractivity contribution in [3.05, 3.63) is 131 Å². The van der Waals surface area contributed by atoms with Crippen molar-refractivity contribution in [3.8, 4) is 11.5 Å². The van der Waals surface area contributed by atoms with Gasteiger partial charge in [-0.2, -0.15) is 0 Å². The molecule has 1 fully saturated rings. The highest BCUT2D eigenvalue weighted by Crippen LogP contribution is 2.42. The predicted molar refractivity (Wildman–Crippen MR) is 151 cm³/mol. The number of anilines is 1. The molecule has 1 atom stereocenters. The smallest absolute Gasteiger partial charge is 0.300 e. The number of ketones is 1. The fraction of sp³-hybridized carbons (Fsp3) is 0.152. The Bertz CT molecular complexity index is 1460. The van der Waals surface area contributed by atoms with E-state index in [9.17, 15) is 14.7 Å². The number of rotatable bonds is 9. The van der Waals surface area contributed by atoms with Gasteiger partial charge in [0, 0.05) is 11.3 Å². The van der Waals surface area contributed by atoms with Crippen molar-refractivity contribution in [3.63, 3.8) is 0 Å². The third kappa shape index (κ3) is 5.55. The van der Waals surface area contributed by atoms with Gasteiger partial charge in [-0.15, -0.1) is 0 Å².